The molecular weight excluding hydrogens is 160 g/mol. The molecule has 0 bridgehead atoms. The maximum atomic E-state index is 11.0. The third kappa shape index (κ3) is 5.09. The lowest BCUT2D eigenvalue weighted by Crippen LogP contribution is -2.16. The van der Waals surface area contributed by atoms with E-state index in [0.717, 1.165) is 6.42 Å². The largest absolute Gasteiger partial charge is 0.463 e. The summed E-state index contributed by atoms with van der Waals surface area (Å²) >= 11 is 0. The van der Waals surface area contributed by atoms with Gasteiger partial charge >= 0.3 is 5.97 Å². The Morgan fingerprint density at radius 2 is 2.08 bits per heavy atom. The summed E-state index contributed by atoms with van der Waals surface area (Å²) in [5.41, 5.74) is 0. The van der Waals surface area contributed by atoms with Crippen LogP contribution in [-0.2, 0) is 19.3 Å². The molecule has 0 aromatic carbocycles. The second kappa shape index (κ2) is 7.06. The summed E-state index contributed by atoms with van der Waals surface area (Å²) in [6.45, 7) is 4.30. The molecule has 72 valence electrons. The van der Waals surface area contributed by atoms with E-state index in [9.17, 15) is 4.79 Å². The van der Waals surface area contributed by atoms with E-state index in [-0.39, 0.29) is 25.1 Å². The first-order chi connectivity index (χ1) is 5.72. The van der Waals surface area contributed by atoms with Crippen LogP contribution in [0, 0.1) is 5.92 Å². The van der Waals surface area contributed by atoms with Crippen molar-refractivity contribution in [3.63, 3.8) is 0 Å². The highest BCUT2D eigenvalue weighted by atomic mass is 17.2. The van der Waals surface area contributed by atoms with Crippen molar-refractivity contribution >= 4 is 5.97 Å². The van der Waals surface area contributed by atoms with Crippen LogP contribution in [0.5, 0.6) is 0 Å². The van der Waals surface area contributed by atoms with Gasteiger partial charge in [-0.25, -0.2) is 9.78 Å². The van der Waals surface area contributed by atoms with Crippen molar-refractivity contribution in [2.24, 2.45) is 5.92 Å². The Hall–Kier alpha value is -0.610. The normalized spacial score (nSPS) is 12.6. The fraction of sp³-hybridized carbons (Fsp3) is 0.875. The molecule has 4 nitrogen and oxygen atoms in total. The van der Waals surface area contributed by atoms with Gasteiger partial charge in [0.1, 0.15) is 13.2 Å². The Balaban J connectivity index is 3.31. The lowest BCUT2D eigenvalue weighted by molar-refractivity contribution is -0.277. The van der Waals surface area contributed by atoms with E-state index >= 15 is 0 Å². The van der Waals surface area contributed by atoms with Crippen LogP contribution in [0.2, 0.25) is 0 Å². The maximum absolute atomic E-state index is 11.0. The summed E-state index contributed by atoms with van der Waals surface area (Å²) in [5, 5.41) is 0. The van der Waals surface area contributed by atoms with Crippen molar-refractivity contribution < 1.29 is 19.3 Å². The molecule has 12 heavy (non-hydrogen) atoms. The average Bonchev–Trinajstić information content (AvgIpc) is 2.10. The van der Waals surface area contributed by atoms with Crippen LogP contribution in [0.4, 0.5) is 0 Å². The zero-order valence-electron chi connectivity index (χ0n) is 7.83. The van der Waals surface area contributed by atoms with Crippen molar-refractivity contribution in [1.29, 1.82) is 0 Å². The van der Waals surface area contributed by atoms with Crippen LogP contribution in [0.15, 0.2) is 0 Å². The molecule has 0 radical (unpaired) electrons. The van der Waals surface area contributed by atoms with E-state index in [1.165, 1.54) is 7.11 Å². The molecule has 0 aliphatic heterocycles. The van der Waals surface area contributed by atoms with Gasteiger partial charge in [0.15, 0.2) is 0 Å². The van der Waals surface area contributed by atoms with Crippen molar-refractivity contribution in [2.75, 3.05) is 20.3 Å². The quantitative estimate of drug-likeness (QED) is 0.263. The molecule has 0 aromatic heterocycles. The van der Waals surface area contributed by atoms with Gasteiger partial charge in [-0.1, -0.05) is 13.8 Å². The minimum absolute atomic E-state index is 0.0347. The molecule has 1 atom stereocenters. The highest BCUT2D eigenvalue weighted by Crippen LogP contribution is 2.02. The molecule has 0 spiro atoms. The molecule has 4 heteroatoms. The number of esters is 1. The number of carbonyl (C=O) groups is 1. The smallest absolute Gasteiger partial charge is 0.308 e. The average molecular weight is 176 g/mol. The number of hydrogen-bond acceptors (Lipinski definition) is 4. The molecule has 0 amide bonds. The van der Waals surface area contributed by atoms with Crippen LogP contribution in [0.3, 0.4) is 0 Å². The predicted molar refractivity (Wildman–Crippen MR) is 43.4 cm³/mol. The monoisotopic (exact) mass is 176 g/mol. The van der Waals surface area contributed by atoms with Gasteiger partial charge in [-0.2, -0.15) is 0 Å². The van der Waals surface area contributed by atoms with Crippen LogP contribution >= 0.6 is 0 Å². The highest BCUT2D eigenvalue weighted by Gasteiger charge is 2.10. The van der Waals surface area contributed by atoms with Crippen LogP contribution < -0.4 is 0 Å². The molecule has 0 aromatic rings. The summed E-state index contributed by atoms with van der Waals surface area (Å²) in [6, 6.07) is 0. The van der Waals surface area contributed by atoms with Gasteiger partial charge in [0, 0.05) is 0 Å². The molecule has 1 unspecified atom stereocenters. The number of ether oxygens (including phenoxy) is 1. The SMILES string of the molecule is CCC(C)C(=O)OCCOOC. The standard InChI is InChI=1S/C8H16O4/c1-4-7(2)8(9)11-5-6-12-10-3/h7H,4-6H2,1-3H3. The molecule has 0 N–H and O–H groups in total. The Morgan fingerprint density at radius 3 is 2.58 bits per heavy atom. The topological polar surface area (TPSA) is 44.8 Å². The van der Waals surface area contributed by atoms with Crippen molar-refractivity contribution in [1.82, 2.24) is 0 Å². The van der Waals surface area contributed by atoms with Gasteiger partial charge < -0.3 is 4.74 Å². The molecule has 0 fully saturated rings. The van der Waals surface area contributed by atoms with Crippen molar-refractivity contribution in [2.45, 2.75) is 20.3 Å². The second-order valence-corrected chi connectivity index (χ2v) is 2.47. The Morgan fingerprint density at radius 1 is 1.42 bits per heavy atom. The number of carbonyl (C=O) groups excluding carboxylic acids is 1. The molecule has 0 aliphatic rings. The van der Waals surface area contributed by atoms with Crippen LogP contribution in [-0.4, -0.2) is 26.3 Å². The summed E-state index contributed by atoms with van der Waals surface area (Å²) in [4.78, 5) is 19.9. The van der Waals surface area contributed by atoms with E-state index in [4.69, 9.17) is 4.74 Å². The minimum Gasteiger partial charge on any atom is -0.463 e. The van der Waals surface area contributed by atoms with E-state index < -0.39 is 0 Å². The maximum Gasteiger partial charge on any atom is 0.308 e. The molecular formula is C8H16O4. The predicted octanol–water partition coefficient (Wildman–Crippen LogP) is 1.15. The first kappa shape index (κ1) is 11.4. The fourth-order valence-corrected chi connectivity index (χ4v) is 0.569. The van der Waals surface area contributed by atoms with Crippen LogP contribution in [0.1, 0.15) is 20.3 Å². The number of hydrogen-bond donors (Lipinski definition) is 0. The lowest BCUT2D eigenvalue weighted by Gasteiger charge is -2.08. The molecule has 0 saturated heterocycles. The zero-order chi connectivity index (χ0) is 9.40. The van der Waals surface area contributed by atoms with Crippen LogP contribution in [0.25, 0.3) is 0 Å². The Bertz CT molecular complexity index is 124. The molecule has 0 aliphatic carbocycles. The van der Waals surface area contributed by atoms with Gasteiger partial charge in [0.25, 0.3) is 0 Å². The third-order valence-corrected chi connectivity index (χ3v) is 1.54. The van der Waals surface area contributed by atoms with Gasteiger partial charge in [0.2, 0.25) is 0 Å². The summed E-state index contributed by atoms with van der Waals surface area (Å²) in [7, 11) is 1.41. The third-order valence-electron chi connectivity index (χ3n) is 1.54. The first-order valence-electron chi connectivity index (χ1n) is 4.04. The minimum atomic E-state index is -0.183. The zero-order valence-corrected chi connectivity index (χ0v) is 7.83. The van der Waals surface area contributed by atoms with Gasteiger partial charge in [-0.15, -0.1) is 0 Å². The fourth-order valence-electron chi connectivity index (χ4n) is 0.569. The van der Waals surface area contributed by atoms with Gasteiger partial charge in [-0.05, 0) is 6.42 Å². The highest BCUT2D eigenvalue weighted by molar-refractivity contribution is 5.71. The van der Waals surface area contributed by atoms with E-state index in [2.05, 4.69) is 9.78 Å². The Kier molecular flexibility index (Phi) is 6.70. The molecule has 0 rings (SSSR count). The second-order valence-electron chi connectivity index (χ2n) is 2.47. The van der Waals surface area contributed by atoms with Crippen molar-refractivity contribution in [3.05, 3.63) is 0 Å². The van der Waals surface area contributed by atoms with Gasteiger partial charge in [0.05, 0.1) is 13.0 Å². The summed E-state index contributed by atoms with van der Waals surface area (Å²) in [6.07, 6.45) is 0.796. The number of rotatable bonds is 6. The summed E-state index contributed by atoms with van der Waals surface area (Å²) in [5.74, 6) is -0.218. The molecule has 0 heterocycles. The first-order valence-corrected chi connectivity index (χ1v) is 4.04. The van der Waals surface area contributed by atoms with E-state index in [1.54, 1.807) is 0 Å². The van der Waals surface area contributed by atoms with E-state index in [1.807, 2.05) is 13.8 Å². The summed E-state index contributed by atoms with van der Waals surface area (Å²) < 4.78 is 4.85. The molecule has 0 saturated carbocycles. The van der Waals surface area contributed by atoms with Crippen molar-refractivity contribution in [3.8, 4) is 0 Å². The Labute approximate surface area is 72.7 Å². The van der Waals surface area contributed by atoms with Gasteiger partial charge in [-0.3, -0.25) is 4.79 Å². The van der Waals surface area contributed by atoms with E-state index in [0.29, 0.717) is 0 Å². The lowest BCUT2D eigenvalue weighted by atomic mass is 10.1.